The van der Waals surface area contributed by atoms with Crippen LogP contribution in [0.15, 0.2) is 12.7 Å². The van der Waals surface area contributed by atoms with Crippen molar-refractivity contribution < 1.29 is 0 Å². The second-order valence-electron chi connectivity index (χ2n) is 2.59. The van der Waals surface area contributed by atoms with E-state index in [1.165, 1.54) is 0 Å². The van der Waals surface area contributed by atoms with E-state index in [0.29, 0.717) is 11.8 Å². The van der Waals surface area contributed by atoms with Crippen LogP contribution in [0.2, 0.25) is 0 Å². The van der Waals surface area contributed by atoms with Gasteiger partial charge in [-0.3, -0.25) is 0 Å². The predicted octanol–water partition coefficient (Wildman–Crippen LogP) is 3.00. The molecule has 2 unspecified atom stereocenters. The van der Waals surface area contributed by atoms with E-state index in [1.54, 1.807) is 0 Å². The number of alkyl halides is 2. The molecule has 1 aliphatic carbocycles. The molecule has 0 radical (unpaired) electrons. The Bertz CT molecular complexity index is 129. The fourth-order valence-corrected chi connectivity index (χ4v) is 1.84. The highest BCUT2D eigenvalue weighted by Crippen LogP contribution is 2.60. The van der Waals surface area contributed by atoms with Crippen LogP contribution >= 0.6 is 23.2 Å². The Kier molecular flexibility index (Phi) is 1.79. The lowest BCUT2D eigenvalue weighted by Crippen LogP contribution is -1.87. The van der Waals surface area contributed by atoms with E-state index in [-0.39, 0.29) is 0 Å². The van der Waals surface area contributed by atoms with Crippen LogP contribution < -0.4 is 0 Å². The molecule has 2 heteroatoms. The first-order valence-electron chi connectivity index (χ1n) is 3.09. The van der Waals surface area contributed by atoms with Gasteiger partial charge in [0.15, 0.2) is 0 Å². The number of hydrogen-bond donors (Lipinski definition) is 0. The zero-order valence-electron chi connectivity index (χ0n) is 5.40. The van der Waals surface area contributed by atoms with Gasteiger partial charge in [-0.05, 0) is 12.3 Å². The first-order valence-corrected chi connectivity index (χ1v) is 3.85. The second-order valence-corrected chi connectivity index (χ2v) is 4.04. The highest BCUT2D eigenvalue weighted by atomic mass is 35.5. The molecule has 1 saturated carbocycles. The predicted molar refractivity (Wildman–Crippen MR) is 41.9 cm³/mol. The molecular weight excluding hydrogens is 155 g/mol. The quantitative estimate of drug-likeness (QED) is 0.435. The highest BCUT2D eigenvalue weighted by Gasteiger charge is 2.58. The Morgan fingerprint density at radius 1 is 1.67 bits per heavy atom. The summed E-state index contributed by atoms with van der Waals surface area (Å²) in [6, 6.07) is 0. The van der Waals surface area contributed by atoms with Crippen molar-refractivity contribution >= 4 is 23.2 Å². The van der Waals surface area contributed by atoms with E-state index in [2.05, 4.69) is 13.5 Å². The summed E-state index contributed by atoms with van der Waals surface area (Å²) in [6.07, 6.45) is 2.81. The van der Waals surface area contributed by atoms with Crippen LogP contribution in [-0.2, 0) is 0 Å². The van der Waals surface area contributed by atoms with Gasteiger partial charge in [0.25, 0.3) is 0 Å². The summed E-state index contributed by atoms with van der Waals surface area (Å²) in [5.74, 6) is 0.886. The van der Waals surface area contributed by atoms with Crippen molar-refractivity contribution in [3.63, 3.8) is 0 Å². The fraction of sp³-hybridized carbons (Fsp3) is 0.714. The largest absolute Gasteiger partial charge is 0.124 e. The lowest BCUT2D eigenvalue weighted by atomic mass is 10.2. The van der Waals surface area contributed by atoms with Gasteiger partial charge in [0.05, 0.1) is 0 Å². The van der Waals surface area contributed by atoms with Gasteiger partial charge in [-0.15, -0.1) is 29.8 Å². The average molecular weight is 165 g/mol. The number of halogens is 2. The van der Waals surface area contributed by atoms with Gasteiger partial charge in [-0.1, -0.05) is 13.0 Å². The van der Waals surface area contributed by atoms with Gasteiger partial charge in [0, 0.05) is 5.92 Å². The summed E-state index contributed by atoms with van der Waals surface area (Å²) in [4.78, 5) is 0. The zero-order valence-corrected chi connectivity index (χ0v) is 6.91. The van der Waals surface area contributed by atoms with Crippen LogP contribution in [0.3, 0.4) is 0 Å². The zero-order chi connectivity index (χ0) is 7.07. The summed E-state index contributed by atoms with van der Waals surface area (Å²) < 4.78 is -0.450. The van der Waals surface area contributed by atoms with Crippen molar-refractivity contribution in [2.75, 3.05) is 0 Å². The van der Waals surface area contributed by atoms with E-state index in [9.17, 15) is 0 Å². The van der Waals surface area contributed by atoms with Gasteiger partial charge in [-0.2, -0.15) is 0 Å². The molecule has 0 nitrogen and oxygen atoms in total. The van der Waals surface area contributed by atoms with Crippen LogP contribution in [0.25, 0.3) is 0 Å². The van der Waals surface area contributed by atoms with Crippen LogP contribution in [0.1, 0.15) is 13.3 Å². The maximum atomic E-state index is 5.85. The Balaban J connectivity index is 2.42. The third-order valence-electron chi connectivity index (χ3n) is 2.02. The molecule has 1 fully saturated rings. The molecule has 0 N–H and O–H groups in total. The molecule has 0 bridgehead atoms. The number of rotatable bonds is 2. The molecule has 0 aromatic heterocycles. The van der Waals surface area contributed by atoms with Crippen molar-refractivity contribution in [3.8, 4) is 0 Å². The molecule has 9 heavy (non-hydrogen) atoms. The monoisotopic (exact) mass is 164 g/mol. The molecule has 0 heterocycles. The summed E-state index contributed by atoms with van der Waals surface area (Å²) in [6.45, 7) is 5.69. The van der Waals surface area contributed by atoms with Crippen LogP contribution in [0, 0.1) is 11.8 Å². The molecule has 2 atom stereocenters. The van der Waals surface area contributed by atoms with Crippen molar-refractivity contribution in [1.29, 1.82) is 0 Å². The third-order valence-corrected chi connectivity index (χ3v) is 3.27. The number of hydrogen-bond acceptors (Lipinski definition) is 0. The number of allylic oxidation sites excluding steroid dienone is 1. The summed E-state index contributed by atoms with van der Waals surface area (Å²) in [5, 5.41) is 0. The lowest BCUT2D eigenvalue weighted by Gasteiger charge is -1.91. The summed E-state index contributed by atoms with van der Waals surface area (Å²) in [7, 11) is 0. The molecule has 0 spiro atoms. The molecule has 0 aliphatic heterocycles. The molecule has 0 saturated heterocycles. The molecule has 0 aromatic carbocycles. The molecule has 52 valence electrons. The van der Waals surface area contributed by atoms with Crippen LogP contribution in [0.5, 0.6) is 0 Å². The fourth-order valence-electron chi connectivity index (χ4n) is 1.10. The maximum absolute atomic E-state index is 5.85. The Morgan fingerprint density at radius 2 is 2.11 bits per heavy atom. The van der Waals surface area contributed by atoms with Gasteiger partial charge in [-0.25, -0.2) is 0 Å². The van der Waals surface area contributed by atoms with E-state index in [1.807, 2.05) is 6.08 Å². The lowest BCUT2D eigenvalue weighted by molar-refractivity contribution is 0.766. The van der Waals surface area contributed by atoms with Gasteiger partial charge in [0.2, 0.25) is 0 Å². The van der Waals surface area contributed by atoms with E-state index in [0.717, 1.165) is 6.42 Å². The molecular formula is C7H10Cl2. The van der Waals surface area contributed by atoms with Crippen molar-refractivity contribution in [2.45, 2.75) is 17.7 Å². The van der Waals surface area contributed by atoms with Crippen LogP contribution in [-0.4, -0.2) is 4.33 Å². The Morgan fingerprint density at radius 3 is 2.22 bits per heavy atom. The Labute approximate surface area is 65.8 Å². The van der Waals surface area contributed by atoms with Gasteiger partial charge < -0.3 is 0 Å². The van der Waals surface area contributed by atoms with E-state index in [4.69, 9.17) is 23.2 Å². The maximum Gasteiger partial charge on any atom is 0.124 e. The van der Waals surface area contributed by atoms with E-state index >= 15 is 0 Å². The third kappa shape index (κ3) is 1.11. The minimum atomic E-state index is -0.450. The molecule has 0 aromatic rings. The SMILES string of the molecule is C=CCC1C(C)C1(Cl)Cl. The molecule has 1 rings (SSSR count). The minimum Gasteiger partial charge on any atom is -0.103 e. The average Bonchev–Trinajstić information content (AvgIpc) is 2.19. The molecule has 0 amide bonds. The smallest absolute Gasteiger partial charge is 0.103 e. The minimum absolute atomic E-state index is 0.443. The molecule has 1 aliphatic rings. The first-order chi connectivity index (χ1) is 4.10. The normalized spacial score (nSPS) is 38.1. The van der Waals surface area contributed by atoms with E-state index < -0.39 is 4.33 Å². The van der Waals surface area contributed by atoms with Gasteiger partial charge in [0.1, 0.15) is 4.33 Å². The highest BCUT2D eigenvalue weighted by molar-refractivity contribution is 6.51. The first kappa shape index (κ1) is 7.43. The van der Waals surface area contributed by atoms with Crippen LogP contribution in [0.4, 0.5) is 0 Å². The van der Waals surface area contributed by atoms with Gasteiger partial charge >= 0.3 is 0 Å². The van der Waals surface area contributed by atoms with Crippen molar-refractivity contribution in [3.05, 3.63) is 12.7 Å². The van der Waals surface area contributed by atoms with Crippen molar-refractivity contribution in [2.24, 2.45) is 11.8 Å². The second kappa shape index (κ2) is 2.17. The standard InChI is InChI=1S/C7H10Cl2/c1-3-4-6-5(2)7(6,8)9/h3,5-6H,1,4H2,2H3. The summed E-state index contributed by atoms with van der Waals surface area (Å²) >= 11 is 11.7. The summed E-state index contributed by atoms with van der Waals surface area (Å²) in [5.41, 5.74) is 0. The Hall–Kier alpha value is 0.320. The topological polar surface area (TPSA) is 0 Å². The van der Waals surface area contributed by atoms with Crippen molar-refractivity contribution in [1.82, 2.24) is 0 Å².